The number of aromatic nitrogens is 2. The van der Waals surface area contributed by atoms with Crippen LogP contribution in [0.4, 0.5) is 5.69 Å². The molecule has 0 bridgehead atoms. The molecule has 1 atom stereocenters. The van der Waals surface area contributed by atoms with Gasteiger partial charge in [0, 0.05) is 42.0 Å². The number of amides is 2. The fourth-order valence-corrected chi connectivity index (χ4v) is 2.91. The molecule has 0 radical (unpaired) electrons. The minimum absolute atomic E-state index is 0. The van der Waals surface area contributed by atoms with E-state index in [4.69, 9.17) is 4.74 Å². The number of aromatic amines is 1. The van der Waals surface area contributed by atoms with Crippen molar-refractivity contribution in [3.8, 4) is 0 Å². The molecule has 156 valence electrons. The van der Waals surface area contributed by atoms with Gasteiger partial charge in [0.15, 0.2) is 5.69 Å². The SMILES string of the molecule is CCOC(=O)C(C)NC(=O)c1ccc(NC(=O)c2n[nH]c3c2CNCC3)cc1.Cl. The topological polar surface area (TPSA) is 125 Å². The van der Waals surface area contributed by atoms with E-state index >= 15 is 0 Å². The van der Waals surface area contributed by atoms with Crippen LogP contribution in [0.3, 0.4) is 0 Å². The van der Waals surface area contributed by atoms with Gasteiger partial charge >= 0.3 is 5.97 Å². The molecule has 0 saturated heterocycles. The van der Waals surface area contributed by atoms with Crippen LogP contribution >= 0.6 is 12.4 Å². The van der Waals surface area contributed by atoms with Crippen molar-refractivity contribution < 1.29 is 19.1 Å². The van der Waals surface area contributed by atoms with Crippen LogP contribution in [-0.2, 0) is 22.5 Å². The average Bonchev–Trinajstić information content (AvgIpc) is 3.13. The highest BCUT2D eigenvalue weighted by molar-refractivity contribution is 6.04. The van der Waals surface area contributed by atoms with Gasteiger partial charge in [-0.2, -0.15) is 5.10 Å². The highest BCUT2D eigenvalue weighted by Crippen LogP contribution is 2.17. The number of nitrogens with zero attached hydrogens (tertiary/aromatic N) is 1. The number of benzene rings is 1. The zero-order valence-electron chi connectivity index (χ0n) is 16.2. The van der Waals surface area contributed by atoms with Crippen molar-refractivity contribution >= 4 is 35.9 Å². The number of nitrogens with one attached hydrogen (secondary N) is 4. The summed E-state index contributed by atoms with van der Waals surface area (Å²) < 4.78 is 4.86. The van der Waals surface area contributed by atoms with Crippen LogP contribution in [0, 0.1) is 0 Å². The predicted molar refractivity (Wildman–Crippen MR) is 109 cm³/mol. The first-order chi connectivity index (χ1) is 13.5. The van der Waals surface area contributed by atoms with E-state index in [1.54, 1.807) is 38.1 Å². The Balaban J connectivity index is 0.00000300. The Bertz CT molecular complexity index is 881. The molecule has 3 rings (SSSR count). The van der Waals surface area contributed by atoms with Crippen molar-refractivity contribution in [3.63, 3.8) is 0 Å². The summed E-state index contributed by atoms with van der Waals surface area (Å²) in [5.74, 6) is -1.20. The third kappa shape index (κ3) is 5.33. The second-order valence-corrected chi connectivity index (χ2v) is 6.43. The van der Waals surface area contributed by atoms with E-state index in [9.17, 15) is 14.4 Å². The normalized spacial score (nSPS) is 13.4. The Morgan fingerprint density at radius 1 is 1.21 bits per heavy atom. The predicted octanol–water partition coefficient (Wildman–Crippen LogP) is 1.41. The molecular formula is C19H24ClN5O4. The van der Waals surface area contributed by atoms with Gasteiger partial charge in [-0.1, -0.05) is 0 Å². The maximum Gasteiger partial charge on any atom is 0.328 e. The van der Waals surface area contributed by atoms with Crippen molar-refractivity contribution in [2.24, 2.45) is 0 Å². The number of fused-ring (bicyclic) bond motifs is 1. The van der Waals surface area contributed by atoms with Gasteiger partial charge in [-0.05, 0) is 38.1 Å². The monoisotopic (exact) mass is 421 g/mol. The Kier molecular flexibility index (Phi) is 7.74. The summed E-state index contributed by atoms with van der Waals surface area (Å²) in [5, 5.41) is 15.6. The van der Waals surface area contributed by atoms with E-state index in [0.717, 1.165) is 24.2 Å². The lowest BCUT2D eigenvalue weighted by Gasteiger charge is -2.13. The third-order valence-electron chi connectivity index (χ3n) is 4.41. The van der Waals surface area contributed by atoms with Gasteiger partial charge in [0.05, 0.1) is 6.61 Å². The Morgan fingerprint density at radius 3 is 2.62 bits per heavy atom. The third-order valence-corrected chi connectivity index (χ3v) is 4.41. The molecule has 0 spiro atoms. The van der Waals surface area contributed by atoms with E-state index in [-0.39, 0.29) is 24.9 Å². The van der Waals surface area contributed by atoms with Gasteiger partial charge in [0.2, 0.25) is 0 Å². The molecular weight excluding hydrogens is 398 g/mol. The molecule has 29 heavy (non-hydrogen) atoms. The van der Waals surface area contributed by atoms with E-state index in [1.165, 1.54) is 0 Å². The number of carbonyl (C=O) groups is 3. The van der Waals surface area contributed by atoms with Crippen LogP contribution in [0.15, 0.2) is 24.3 Å². The first kappa shape index (κ1) is 22.4. The quantitative estimate of drug-likeness (QED) is 0.522. The fraction of sp³-hybridized carbons (Fsp3) is 0.368. The van der Waals surface area contributed by atoms with Crippen LogP contribution < -0.4 is 16.0 Å². The van der Waals surface area contributed by atoms with Crippen LogP contribution in [-0.4, -0.2) is 47.2 Å². The number of carbonyl (C=O) groups excluding carboxylic acids is 3. The molecule has 0 saturated carbocycles. The average molecular weight is 422 g/mol. The molecule has 10 heteroatoms. The van der Waals surface area contributed by atoms with Crippen LogP contribution in [0.5, 0.6) is 0 Å². The second-order valence-electron chi connectivity index (χ2n) is 6.43. The van der Waals surface area contributed by atoms with Crippen molar-refractivity contribution in [1.29, 1.82) is 0 Å². The van der Waals surface area contributed by atoms with Crippen molar-refractivity contribution in [2.75, 3.05) is 18.5 Å². The molecule has 2 heterocycles. The molecule has 0 fully saturated rings. The Morgan fingerprint density at radius 2 is 1.93 bits per heavy atom. The molecule has 0 aliphatic carbocycles. The second kappa shape index (κ2) is 10.0. The number of halogens is 1. The molecule has 1 aromatic carbocycles. The zero-order chi connectivity index (χ0) is 20.1. The van der Waals surface area contributed by atoms with Crippen LogP contribution in [0.1, 0.15) is 46.0 Å². The van der Waals surface area contributed by atoms with Crippen LogP contribution in [0.25, 0.3) is 0 Å². The summed E-state index contributed by atoms with van der Waals surface area (Å²) in [6.07, 6.45) is 0.809. The molecule has 1 aliphatic heterocycles. The Labute approximate surface area is 174 Å². The minimum Gasteiger partial charge on any atom is -0.464 e. The van der Waals surface area contributed by atoms with Crippen molar-refractivity contribution in [1.82, 2.24) is 20.8 Å². The van der Waals surface area contributed by atoms with E-state index < -0.39 is 17.9 Å². The zero-order valence-corrected chi connectivity index (χ0v) is 17.0. The van der Waals surface area contributed by atoms with Gasteiger partial charge in [-0.3, -0.25) is 14.7 Å². The maximum atomic E-state index is 12.5. The maximum absolute atomic E-state index is 12.5. The van der Waals surface area contributed by atoms with E-state index in [0.29, 0.717) is 23.5 Å². The summed E-state index contributed by atoms with van der Waals surface area (Å²) in [6.45, 7) is 4.97. The highest BCUT2D eigenvalue weighted by atomic mass is 35.5. The van der Waals surface area contributed by atoms with Gasteiger partial charge in [-0.15, -0.1) is 12.4 Å². The first-order valence-electron chi connectivity index (χ1n) is 9.15. The minimum atomic E-state index is -0.744. The number of esters is 1. The fourth-order valence-electron chi connectivity index (χ4n) is 2.91. The lowest BCUT2D eigenvalue weighted by molar-refractivity contribution is -0.144. The van der Waals surface area contributed by atoms with Gasteiger partial charge in [0.1, 0.15) is 6.04 Å². The summed E-state index contributed by atoms with van der Waals surface area (Å²) in [4.78, 5) is 36.3. The summed E-state index contributed by atoms with van der Waals surface area (Å²) in [7, 11) is 0. The smallest absolute Gasteiger partial charge is 0.328 e. The molecule has 1 aliphatic rings. The number of ether oxygens (including phenoxy) is 1. The molecule has 1 unspecified atom stereocenters. The lowest BCUT2D eigenvalue weighted by Crippen LogP contribution is -2.39. The summed E-state index contributed by atoms with van der Waals surface area (Å²) in [6, 6.07) is 5.65. The Hall–Kier alpha value is -2.91. The number of hydrogen-bond donors (Lipinski definition) is 4. The molecule has 1 aromatic heterocycles. The lowest BCUT2D eigenvalue weighted by atomic mass is 10.1. The van der Waals surface area contributed by atoms with Gasteiger partial charge in [-0.25, -0.2) is 4.79 Å². The molecule has 9 nitrogen and oxygen atoms in total. The first-order valence-corrected chi connectivity index (χ1v) is 9.15. The van der Waals surface area contributed by atoms with E-state index in [1.807, 2.05) is 0 Å². The number of rotatable bonds is 6. The van der Waals surface area contributed by atoms with Crippen LogP contribution in [0.2, 0.25) is 0 Å². The molecule has 2 amide bonds. The summed E-state index contributed by atoms with van der Waals surface area (Å²) in [5.41, 5.74) is 3.14. The number of anilines is 1. The molecule has 4 N–H and O–H groups in total. The van der Waals surface area contributed by atoms with Gasteiger partial charge < -0.3 is 20.7 Å². The van der Waals surface area contributed by atoms with E-state index in [2.05, 4.69) is 26.1 Å². The van der Waals surface area contributed by atoms with Crippen molar-refractivity contribution in [2.45, 2.75) is 32.9 Å². The highest BCUT2D eigenvalue weighted by Gasteiger charge is 2.22. The standard InChI is InChI=1S/C19H23N5O4.ClH/c1-3-28-19(27)11(2)21-17(25)12-4-6-13(7-5-12)22-18(26)16-14-10-20-9-8-15(14)23-24-16;/h4-7,11,20H,3,8-10H2,1-2H3,(H,21,25)(H,22,26)(H,23,24);1H. The summed E-state index contributed by atoms with van der Waals surface area (Å²) >= 11 is 0. The van der Waals surface area contributed by atoms with Crippen molar-refractivity contribution in [3.05, 3.63) is 46.8 Å². The number of hydrogen-bond acceptors (Lipinski definition) is 6. The molecule has 2 aromatic rings. The van der Waals surface area contributed by atoms with Gasteiger partial charge in [0.25, 0.3) is 11.8 Å². The number of H-pyrrole nitrogens is 1. The largest absolute Gasteiger partial charge is 0.464 e.